The van der Waals surface area contributed by atoms with E-state index in [9.17, 15) is 0 Å². The molecule has 5 nitrogen and oxygen atoms in total. The molecular formula is C13H18BrN5. The molecule has 0 aliphatic carbocycles. The highest BCUT2D eigenvalue weighted by Gasteiger charge is 2.12. The van der Waals surface area contributed by atoms with Gasteiger partial charge >= 0.3 is 0 Å². The second-order valence-corrected chi connectivity index (χ2v) is 5.24. The number of halogens is 1. The van der Waals surface area contributed by atoms with E-state index in [1.54, 1.807) is 10.9 Å². The summed E-state index contributed by atoms with van der Waals surface area (Å²) in [5, 5.41) is 7.65. The predicted molar refractivity (Wildman–Crippen MR) is 79.7 cm³/mol. The number of hydrogen-bond acceptors (Lipinski definition) is 4. The molecule has 0 radical (unpaired) electrons. The van der Waals surface area contributed by atoms with Crippen LogP contribution < -0.4 is 5.32 Å². The summed E-state index contributed by atoms with van der Waals surface area (Å²) in [6.07, 6.45) is 5.52. The van der Waals surface area contributed by atoms with Gasteiger partial charge in [0.1, 0.15) is 11.6 Å². The van der Waals surface area contributed by atoms with Gasteiger partial charge in [-0.1, -0.05) is 13.8 Å². The fourth-order valence-corrected chi connectivity index (χ4v) is 2.05. The minimum atomic E-state index is 0.802. The van der Waals surface area contributed by atoms with Crippen molar-refractivity contribution in [3.05, 3.63) is 28.3 Å². The van der Waals surface area contributed by atoms with Crippen molar-refractivity contribution in [2.45, 2.75) is 33.6 Å². The fourth-order valence-electron chi connectivity index (χ4n) is 1.76. The fraction of sp³-hybridized carbons (Fsp3) is 0.462. The SMILES string of the molecule is CCCNc1nc(CC)nc(-n2cc(Br)cn2)c1C. The molecule has 19 heavy (non-hydrogen) atoms. The van der Waals surface area contributed by atoms with Gasteiger partial charge in [0.05, 0.1) is 10.7 Å². The lowest BCUT2D eigenvalue weighted by atomic mass is 10.3. The summed E-state index contributed by atoms with van der Waals surface area (Å²) in [5.74, 6) is 2.55. The molecule has 0 fully saturated rings. The Morgan fingerprint density at radius 2 is 2.11 bits per heavy atom. The molecule has 0 aliphatic rings. The van der Waals surface area contributed by atoms with Gasteiger partial charge in [0.15, 0.2) is 5.82 Å². The largest absolute Gasteiger partial charge is 0.370 e. The van der Waals surface area contributed by atoms with Crippen LogP contribution in [0.25, 0.3) is 5.82 Å². The van der Waals surface area contributed by atoms with Crippen LogP contribution in [0.15, 0.2) is 16.9 Å². The zero-order chi connectivity index (χ0) is 13.8. The average Bonchev–Trinajstić information content (AvgIpc) is 2.84. The molecule has 2 rings (SSSR count). The second kappa shape index (κ2) is 6.14. The molecule has 0 saturated carbocycles. The van der Waals surface area contributed by atoms with Crippen LogP contribution in [-0.4, -0.2) is 26.3 Å². The standard InChI is InChI=1S/C13H18BrN5/c1-4-6-15-12-9(3)13(18-11(5-2)17-12)19-8-10(14)7-16-19/h7-8H,4-6H2,1-3H3,(H,15,17,18). The number of rotatable bonds is 5. The van der Waals surface area contributed by atoms with E-state index < -0.39 is 0 Å². The van der Waals surface area contributed by atoms with Crippen LogP contribution in [0.2, 0.25) is 0 Å². The maximum Gasteiger partial charge on any atom is 0.162 e. The third kappa shape index (κ3) is 3.12. The van der Waals surface area contributed by atoms with E-state index in [0.29, 0.717) is 0 Å². The zero-order valence-electron chi connectivity index (χ0n) is 11.4. The molecule has 0 amide bonds. The molecule has 0 aliphatic heterocycles. The van der Waals surface area contributed by atoms with Gasteiger partial charge in [0.2, 0.25) is 0 Å². The first-order valence-corrected chi connectivity index (χ1v) is 7.27. The minimum absolute atomic E-state index is 0.802. The molecule has 0 saturated heterocycles. The van der Waals surface area contributed by atoms with E-state index in [0.717, 1.165) is 46.9 Å². The molecule has 6 heteroatoms. The summed E-state index contributed by atoms with van der Waals surface area (Å²) in [6, 6.07) is 0. The maximum absolute atomic E-state index is 4.57. The second-order valence-electron chi connectivity index (χ2n) is 4.32. The normalized spacial score (nSPS) is 10.7. The van der Waals surface area contributed by atoms with E-state index in [4.69, 9.17) is 0 Å². The van der Waals surface area contributed by atoms with Crippen LogP contribution in [0, 0.1) is 6.92 Å². The van der Waals surface area contributed by atoms with Crippen molar-refractivity contribution < 1.29 is 0 Å². The van der Waals surface area contributed by atoms with E-state index in [-0.39, 0.29) is 0 Å². The van der Waals surface area contributed by atoms with Crippen LogP contribution >= 0.6 is 15.9 Å². The molecule has 2 heterocycles. The maximum atomic E-state index is 4.57. The Labute approximate surface area is 121 Å². The average molecular weight is 324 g/mol. The highest BCUT2D eigenvalue weighted by Crippen LogP contribution is 2.20. The molecule has 2 aromatic heterocycles. The smallest absolute Gasteiger partial charge is 0.162 e. The molecule has 0 spiro atoms. The molecule has 0 atom stereocenters. The Morgan fingerprint density at radius 3 is 2.68 bits per heavy atom. The quantitative estimate of drug-likeness (QED) is 0.918. The van der Waals surface area contributed by atoms with Gasteiger partial charge in [-0.25, -0.2) is 14.6 Å². The summed E-state index contributed by atoms with van der Waals surface area (Å²) < 4.78 is 2.71. The summed E-state index contributed by atoms with van der Waals surface area (Å²) in [6.45, 7) is 7.11. The summed E-state index contributed by atoms with van der Waals surface area (Å²) in [4.78, 5) is 9.12. The lowest BCUT2D eigenvalue weighted by molar-refractivity contribution is 0.801. The van der Waals surface area contributed by atoms with Crippen LogP contribution in [-0.2, 0) is 6.42 Å². The van der Waals surface area contributed by atoms with Gasteiger partial charge in [0.25, 0.3) is 0 Å². The van der Waals surface area contributed by atoms with E-state index in [1.807, 2.05) is 13.1 Å². The van der Waals surface area contributed by atoms with Gasteiger partial charge in [0, 0.05) is 24.7 Å². The van der Waals surface area contributed by atoms with Crippen molar-refractivity contribution in [3.63, 3.8) is 0 Å². The Morgan fingerprint density at radius 1 is 1.32 bits per heavy atom. The van der Waals surface area contributed by atoms with Crippen molar-refractivity contribution in [2.24, 2.45) is 0 Å². The predicted octanol–water partition coefficient (Wildman–Crippen LogP) is 3.12. The Hall–Kier alpha value is -1.43. The highest BCUT2D eigenvalue weighted by molar-refractivity contribution is 9.10. The van der Waals surface area contributed by atoms with Crippen molar-refractivity contribution in [1.82, 2.24) is 19.7 Å². The number of anilines is 1. The number of hydrogen-bond donors (Lipinski definition) is 1. The minimum Gasteiger partial charge on any atom is -0.370 e. The van der Waals surface area contributed by atoms with Gasteiger partial charge in [-0.2, -0.15) is 5.10 Å². The first kappa shape index (κ1) is 14.0. The van der Waals surface area contributed by atoms with Crippen LogP contribution in [0.1, 0.15) is 31.7 Å². The van der Waals surface area contributed by atoms with Gasteiger partial charge in [-0.3, -0.25) is 0 Å². The Bertz CT molecular complexity index is 564. The zero-order valence-corrected chi connectivity index (χ0v) is 13.0. The number of nitrogens with one attached hydrogen (secondary N) is 1. The Balaban J connectivity index is 2.47. The van der Waals surface area contributed by atoms with Crippen molar-refractivity contribution in [1.29, 1.82) is 0 Å². The summed E-state index contributed by atoms with van der Waals surface area (Å²) in [7, 11) is 0. The van der Waals surface area contributed by atoms with E-state index in [2.05, 4.69) is 50.2 Å². The van der Waals surface area contributed by atoms with Crippen molar-refractivity contribution in [2.75, 3.05) is 11.9 Å². The van der Waals surface area contributed by atoms with Crippen molar-refractivity contribution >= 4 is 21.7 Å². The van der Waals surface area contributed by atoms with Gasteiger partial charge in [-0.15, -0.1) is 0 Å². The molecule has 102 valence electrons. The van der Waals surface area contributed by atoms with Gasteiger partial charge in [-0.05, 0) is 29.3 Å². The lowest BCUT2D eigenvalue weighted by Crippen LogP contribution is -2.11. The van der Waals surface area contributed by atoms with Crippen LogP contribution in [0.5, 0.6) is 0 Å². The molecular weight excluding hydrogens is 306 g/mol. The molecule has 0 bridgehead atoms. The molecule has 0 unspecified atom stereocenters. The van der Waals surface area contributed by atoms with Gasteiger partial charge < -0.3 is 5.32 Å². The third-order valence-electron chi connectivity index (χ3n) is 2.79. The third-order valence-corrected chi connectivity index (χ3v) is 3.20. The van der Waals surface area contributed by atoms with E-state index >= 15 is 0 Å². The Kier molecular flexibility index (Phi) is 4.52. The topological polar surface area (TPSA) is 55.6 Å². The summed E-state index contributed by atoms with van der Waals surface area (Å²) in [5.41, 5.74) is 1.02. The summed E-state index contributed by atoms with van der Waals surface area (Å²) >= 11 is 3.41. The molecule has 1 N–H and O–H groups in total. The number of aryl methyl sites for hydroxylation is 1. The molecule has 0 aromatic carbocycles. The first-order chi connectivity index (χ1) is 9.15. The monoisotopic (exact) mass is 323 g/mol. The number of nitrogens with zero attached hydrogens (tertiary/aromatic N) is 4. The highest BCUT2D eigenvalue weighted by atomic mass is 79.9. The molecule has 2 aromatic rings. The first-order valence-electron chi connectivity index (χ1n) is 6.47. The lowest BCUT2D eigenvalue weighted by Gasteiger charge is -2.13. The number of aromatic nitrogens is 4. The van der Waals surface area contributed by atoms with Crippen molar-refractivity contribution in [3.8, 4) is 5.82 Å². The van der Waals surface area contributed by atoms with Crippen LogP contribution in [0.4, 0.5) is 5.82 Å². The van der Waals surface area contributed by atoms with E-state index in [1.165, 1.54) is 0 Å². The van der Waals surface area contributed by atoms with Crippen LogP contribution in [0.3, 0.4) is 0 Å².